The van der Waals surface area contributed by atoms with Gasteiger partial charge in [-0.3, -0.25) is 0 Å². The van der Waals surface area contributed by atoms with E-state index in [0.29, 0.717) is 22.2 Å². The molecule has 7 nitrogen and oxygen atoms in total. The van der Waals surface area contributed by atoms with Crippen molar-refractivity contribution in [1.82, 2.24) is 0 Å². The standard InChI is InChI=1S/C19H24Br2O7/c1-5-6-7-14(21)19(11-8-9-13(24-2)12(20)10-11)27-15(17(22)25-3)16(28-19)18(23)26-4/h8-10,14-16H,5-7H2,1-4H3/t14-,15+,16+/m0/s1. The third kappa shape index (κ3) is 4.53. The molecule has 1 aliphatic rings. The number of hydrogen-bond acceptors (Lipinski definition) is 7. The normalized spacial score (nSPS) is 21.8. The Bertz CT molecular complexity index is 686. The van der Waals surface area contributed by atoms with Gasteiger partial charge in [0, 0.05) is 5.56 Å². The summed E-state index contributed by atoms with van der Waals surface area (Å²) >= 11 is 7.12. The van der Waals surface area contributed by atoms with Crippen LogP contribution < -0.4 is 4.74 Å². The van der Waals surface area contributed by atoms with Crippen LogP contribution in [0, 0.1) is 0 Å². The highest BCUT2D eigenvalue weighted by Crippen LogP contribution is 2.47. The zero-order valence-corrected chi connectivity index (χ0v) is 19.4. The van der Waals surface area contributed by atoms with Crippen molar-refractivity contribution in [2.45, 2.75) is 49.0 Å². The second-order valence-corrected chi connectivity index (χ2v) is 8.21. The van der Waals surface area contributed by atoms with Gasteiger partial charge in [0.05, 0.1) is 30.6 Å². The molecule has 0 aromatic heterocycles. The highest BCUT2D eigenvalue weighted by Gasteiger charge is 2.58. The van der Waals surface area contributed by atoms with Gasteiger partial charge >= 0.3 is 11.9 Å². The summed E-state index contributed by atoms with van der Waals surface area (Å²) < 4.78 is 27.8. The minimum atomic E-state index is -1.39. The predicted molar refractivity (Wildman–Crippen MR) is 108 cm³/mol. The molecule has 0 saturated carbocycles. The Morgan fingerprint density at radius 1 is 1.14 bits per heavy atom. The van der Waals surface area contributed by atoms with E-state index in [-0.39, 0.29) is 4.83 Å². The maximum atomic E-state index is 12.3. The minimum absolute atomic E-state index is 0.331. The first-order chi connectivity index (χ1) is 13.3. The van der Waals surface area contributed by atoms with Crippen LogP contribution in [-0.4, -0.2) is 50.3 Å². The maximum absolute atomic E-state index is 12.3. The van der Waals surface area contributed by atoms with Crippen molar-refractivity contribution in [3.05, 3.63) is 28.2 Å². The highest BCUT2D eigenvalue weighted by molar-refractivity contribution is 9.10. The van der Waals surface area contributed by atoms with Gasteiger partial charge in [-0.25, -0.2) is 9.59 Å². The zero-order chi connectivity index (χ0) is 20.9. The molecular formula is C19H24Br2O7. The molecule has 3 atom stereocenters. The van der Waals surface area contributed by atoms with Crippen LogP contribution >= 0.6 is 31.9 Å². The van der Waals surface area contributed by atoms with Gasteiger partial charge < -0.3 is 23.7 Å². The number of methoxy groups -OCH3 is 3. The lowest BCUT2D eigenvalue weighted by Crippen LogP contribution is -2.39. The molecule has 1 aromatic carbocycles. The highest BCUT2D eigenvalue weighted by atomic mass is 79.9. The third-order valence-electron chi connectivity index (χ3n) is 4.52. The van der Waals surface area contributed by atoms with Crippen molar-refractivity contribution in [2.75, 3.05) is 21.3 Å². The molecule has 28 heavy (non-hydrogen) atoms. The van der Waals surface area contributed by atoms with Crippen LogP contribution in [0.25, 0.3) is 0 Å². The van der Waals surface area contributed by atoms with Crippen LogP contribution in [0.5, 0.6) is 5.75 Å². The molecule has 2 rings (SSSR count). The summed E-state index contributed by atoms with van der Waals surface area (Å²) in [5.41, 5.74) is 0.624. The van der Waals surface area contributed by atoms with Gasteiger partial charge in [-0.15, -0.1) is 0 Å². The Morgan fingerprint density at radius 3 is 2.14 bits per heavy atom. The summed E-state index contributed by atoms with van der Waals surface area (Å²) in [6.07, 6.45) is 0.0563. The van der Waals surface area contributed by atoms with Gasteiger partial charge in [0.2, 0.25) is 5.79 Å². The molecular weight excluding hydrogens is 500 g/mol. The van der Waals surface area contributed by atoms with Crippen molar-refractivity contribution >= 4 is 43.8 Å². The van der Waals surface area contributed by atoms with Gasteiger partial charge in [0.15, 0.2) is 12.2 Å². The van der Waals surface area contributed by atoms with Crippen molar-refractivity contribution in [3.8, 4) is 5.75 Å². The van der Waals surface area contributed by atoms with Crippen LogP contribution in [0.2, 0.25) is 0 Å². The molecule has 1 aliphatic heterocycles. The molecule has 0 radical (unpaired) electrons. The number of benzene rings is 1. The predicted octanol–water partition coefficient (Wildman–Crippen LogP) is 3.69. The molecule has 0 unspecified atom stereocenters. The van der Waals surface area contributed by atoms with E-state index >= 15 is 0 Å². The average Bonchev–Trinajstić information content (AvgIpc) is 3.12. The van der Waals surface area contributed by atoms with E-state index < -0.39 is 29.9 Å². The van der Waals surface area contributed by atoms with E-state index in [4.69, 9.17) is 23.7 Å². The lowest BCUT2D eigenvalue weighted by atomic mass is 9.98. The molecule has 0 bridgehead atoms. The van der Waals surface area contributed by atoms with Gasteiger partial charge in [0.25, 0.3) is 0 Å². The molecule has 1 saturated heterocycles. The topological polar surface area (TPSA) is 80.3 Å². The van der Waals surface area contributed by atoms with Crippen LogP contribution in [0.3, 0.4) is 0 Å². The number of esters is 2. The number of rotatable bonds is 8. The van der Waals surface area contributed by atoms with Crippen LogP contribution in [0.4, 0.5) is 0 Å². The molecule has 0 amide bonds. The molecule has 0 aliphatic carbocycles. The number of carbonyl (C=O) groups is 2. The number of halogens is 2. The van der Waals surface area contributed by atoms with Gasteiger partial charge in [-0.2, -0.15) is 0 Å². The van der Waals surface area contributed by atoms with Gasteiger partial charge in [-0.1, -0.05) is 35.7 Å². The minimum Gasteiger partial charge on any atom is -0.496 e. The summed E-state index contributed by atoms with van der Waals surface area (Å²) in [7, 11) is 4.02. The molecule has 1 heterocycles. The first kappa shape index (κ1) is 23.1. The summed E-state index contributed by atoms with van der Waals surface area (Å²) in [5.74, 6) is -2.17. The number of carbonyl (C=O) groups excluding carboxylic acids is 2. The number of alkyl halides is 1. The monoisotopic (exact) mass is 522 g/mol. The van der Waals surface area contributed by atoms with Crippen molar-refractivity contribution in [1.29, 1.82) is 0 Å². The largest absolute Gasteiger partial charge is 0.496 e. The van der Waals surface area contributed by atoms with E-state index in [1.54, 1.807) is 25.3 Å². The molecule has 1 aromatic rings. The fourth-order valence-corrected chi connectivity index (χ4v) is 4.37. The zero-order valence-electron chi connectivity index (χ0n) is 16.2. The SMILES string of the molecule is CCCC[C@H](Br)C1(c2ccc(OC)c(Br)c2)O[C@@H](C(=O)OC)[C@H](C(=O)OC)O1. The maximum Gasteiger partial charge on any atom is 0.338 e. The van der Waals surface area contributed by atoms with Crippen LogP contribution in [0.1, 0.15) is 31.7 Å². The molecule has 9 heteroatoms. The van der Waals surface area contributed by atoms with E-state index in [1.165, 1.54) is 14.2 Å². The second kappa shape index (κ2) is 10.0. The van der Waals surface area contributed by atoms with E-state index in [2.05, 4.69) is 38.8 Å². The number of hydrogen-bond donors (Lipinski definition) is 0. The van der Waals surface area contributed by atoms with Gasteiger partial charge in [-0.05, 0) is 40.5 Å². The average molecular weight is 524 g/mol. The third-order valence-corrected chi connectivity index (χ3v) is 6.20. The molecule has 1 fully saturated rings. The summed E-state index contributed by atoms with van der Waals surface area (Å²) in [6.45, 7) is 2.07. The Kier molecular flexibility index (Phi) is 8.30. The summed E-state index contributed by atoms with van der Waals surface area (Å²) in [5, 5.41) is 0. The Labute approximate surface area is 181 Å². The Morgan fingerprint density at radius 2 is 1.71 bits per heavy atom. The molecule has 0 N–H and O–H groups in total. The van der Waals surface area contributed by atoms with Crippen LogP contribution in [0.15, 0.2) is 22.7 Å². The van der Waals surface area contributed by atoms with E-state index in [1.807, 2.05) is 0 Å². The number of ether oxygens (including phenoxy) is 5. The lowest BCUT2D eigenvalue weighted by Gasteiger charge is -2.33. The fraction of sp³-hybridized carbons (Fsp3) is 0.579. The quantitative estimate of drug-likeness (QED) is 0.379. The Balaban J connectivity index is 2.54. The van der Waals surface area contributed by atoms with Crippen molar-refractivity contribution in [2.24, 2.45) is 0 Å². The number of unbranched alkanes of at least 4 members (excludes halogenated alkanes) is 1. The summed E-state index contributed by atoms with van der Waals surface area (Å²) in [6, 6.07) is 5.32. The molecule has 0 spiro atoms. The lowest BCUT2D eigenvalue weighted by molar-refractivity contribution is -0.195. The van der Waals surface area contributed by atoms with Crippen molar-refractivity contribution < 1.29 is 33.3 Å². The second-order valence-electron chi connectivity index (χ2n) is 6.25. The van der Waals surface area contributed by atoms with Crippen molar-refractivity contribution in [3.63, 3.8) is 0 Å². The first-order valence-corrected chi connectivity index (χ1v) is 10.5. The summed E-state index contributed by atoms with van der Waals surface area (Å²) in [4.78, 5) is 24.2. The van der Waals surface area contributed by atoms with Gasteiger partial charge in [0.1, 0.15) is 5.75 Å². The molecule has 156 valence electrons. The van der Waals surface area contributed by atoms with Crippen LogP contribution in [-0.2, 0) is 34.3 Å². The fourth-order valence-electron chi connectivity index (χ4n) is 3.03. The van der Waals surface area contributed by atoms with E-state index in [0.717, 1.165) is 12.8 Å². The first-order valence-electron chi connectivity index (χ1n) is 8.83. The smallest absolute Gasteiger partial charge is 0.338 e. The van der Waals surface area contributed by atoms with E-state index in [9.17, 15) is 9.59 Å². The Hall–Kier alpha value is -1.16.